The van der Waals surface area contributed by atoms with Crippen molar-refractivity contribution in [1.29, 1.82) is 0 Å². The number of allylic oxidation sites excluding steroid dienone is 12. The molecular formula is C68H121O11P. The van der Waals surface area contributed by atoms with E-state index in [-0.39, 0.29) is 25.9 Å². The molecule has 0 saturated heterocycles. The topological polar surface area (TPSA) is 155 Å². The van der Waals surface area contributed by atoms with Gasteiger partial charge in [-0.05, 0) is 89.9 Å². The van der Waals surface area contributed by atoms with Gasteiger partial charge < -0.3 is 24.2 Å². The lowest BCUT2D eigenvalue weighted by Crippen LogP contribution is -2.30. The van der Waals surface area contributed by atoms with E-state index in [2.05, 4.69) is 93.7 Å². The molecule has 0 aliphatic rings. The second-order valence-corrected chi connectivity index (χ2v) is 23.4. The molecule has 0 fully saturated rings. The second kappa shape index (κ2) is 62.0. The highest BCUT2D eigenvalue weighted by molar-refractivity contribution is 7.47. The maximum absolute atomic E-state index is 13.0. The largest absolute Gasteiger partial charge is 0.472 e. The minimum absolute atomic E-state index is 0.152. The average molecular weight is 1150 g/mol. The van der Waals surface area contributed by atoms with E-state index in [1.54, 1.807) is 0 Å². The zero-order valence-corrected chi connectivity index (χ0v) is 52.4. The number of aliphatic hydroxyl groups excluding tert-OH is 1. The fourth-order valence-corrected chi connectivity index (χ4v) is 9.93. The first-order valence-corrected chi connectivity index (χ1v) is 34.3. The molecule has 2 N–H and O–H groups in total. The van der Waals surface area contributed by atoms with Gasteiger partial charge in [0.05, 0.1) is 19.8 Å². The first-order valence-electron chi connectivity index (χ1n) is 32.8. The minimum atomic E-state index is -4.76. The molecule has 0 aromatic heterocycles. The van der Waals surface area contributed by atoms with Crippen molar-refractivity contribution in [1.82, 2.24) is 0 Å². The molecule has 0 spiro atoms. The van der Waals surface area contributed by atoms with Crippen molar-refractivity contribution in [3.63, 3.8) is 0 Å². The summed E-state index contributed by atoms with van der Waals surface area (Å²) in [5.41, 5.74) is 0. The third-order valence-corrected chi connectivity index (χ3v) is 15.1. The van der Waals surface area contributed by atoms with E-state index >= 15 is 0 Å². The summed E-state index contributed by atoms with van der Waals surface area (Å²) in [7, 11) is -4.76. The number of hydrogen-bond donors (Lipinski definition) is 2. The predicted octanol–water partition coefficient (Wildman–Crippen LogP) is 20.0. The Labute approximate surface area is 490 Å². The Morgan fingerprint density at radius 1 is 0.362 bits per heavy atom. The molecule has 3 unspecified atom stereocenters. The number of unbranched alkanes of at least 4 members (excludes halogenated alkanes) is 32. The van der Waals surface area contributed by atoms with Gasteiger partial charge in [-0.1, -0.05) is 267 Å². The van der Waals surface area contributed by atoms with Crippen LogP contribution in [-0.2, 0) is 42.2 Å². The number of ether oxygens (including phenoxy) is 3. The predicted molar refractivity (Wildman–Crippen MR) is 335 cm³/mol. The lowest BCUT2D eigenvalue weighted by atomic mass is 10.0. The summed E-state index contributed by atoms with van der Waals surface area (Å²) in [5.74, 6) is -1.48. The molecule has 0 saturated carbocycles. The zero-order valence-electron chi connectivity index (χ0n) is 51.5. The molecule has 0 amide bonds. The van der Waals surface area contributed by atoms with Crippen LogP contribution >= 0.6 is 7.82 Å². The van der Waals surface area contributed by atoms with Crippen LogP contribution in [0.5, 0.6) is 0 Å². The van der Waals surface area contributed by atoms with Crippen LogP contribution in [0.4, 0.5) is 0 Å². The van der Waals surface area contributed by atoms with Crippen LogP contribution in [0.3, 0.4) is 0 Å². The average Bonchev–Trinajstić information content (AvgIpc) is 3.45. The first-order chi connectivity index (χ1) is 39.2. The van der Waals surface area contributed by atoms with E-state index in [0.29, 0.717) is 19.3 Å². The first kappa shape index (κ1) is 76.9. The molecule has 0 rings (SSSR count). The van der Waals surface area contributed by atoms with Gasteiger partial charge in [0.1, 0.15) is 12.7 Å². The summed E-state index contributed by atoms with van der Waals surface area (Å²) in [6.07, 6.45) is 71.4. The summed E-state index contributed by atoms with van der Waals surface area (Å²) in [6, 6.07) is 0. The van der Waals surface area contributed by atoms with Gasteiger partial charge in [-0.15, -0.1) is 0 Å². The molecule has 3 atom stereocenters. The Bertz CT molecular complexity index is 1620. The third-order valence-electron chi connectivity index (χ3n) is 14.1. The van der Waals surface area contributed by atoms with Gasteiger partial charge in [-0.2, -0.15) is 0 Å². The van der Waals surface area contributed by atoms with Gasteiger partial charge in [0.2, 0.25) is 0 Å². The Balaban J connectivity index is 4.72. The van der Waals surface area contributed by atoms with Crippen molar-refractivity contribution >= 4 is 25.7 Å². The molecular weight excluding hydrogens is 1020 g/mol. The molecule has 0 heterocycles. The number of carbonyl (C=O) groups excluding carboxylic acids is 3. The molecule has 0 bridgehead atoms. The molecule has 0 aromatic rings. The van der Waals surface area contributed by atoms with Crippen molar-refractivity contribution in [2.24, 2.45) is 0 Å². The van der Waals surface area contributed by atoms with Crippen molar-refractivity contribution in [3.05, 3.63) is 72.9 Å². The van der Waals surface area contributed by atoms with Crippen molar-refractivity contribution in [2.75, 3.05) is 26.4 Å². The molecule has 0 aliphatic carbocycles. The summed E-state index contributed by atoms with van der Waals surface area (Å²) in [5, 5.41) is 9.85. The van der Waals surface area contributed by atoms with Crippen LogP contribution in [0.1, 0.15) is 303 Å². The summed E-state index contributed by atoms with van der Waals surface area (Å²) < 4.78 is 39.7. The Morgan fingerprint density at radius 2 is 0.650 bits per heavy atom. The van der Waals surface area contributed by atoms with E-state index in [1.807, 2.05) is 0 Å². The summed E-state index contributed by atoms with van der Waals surface area (Å²) >= 11 is 0. The van der Waals surface area contributed by atoms with Gasteiger partial charge in [0.15, 0.2) is 6.10 Å². The second-order valence-electron chi connectivity index (χ2n) is 21.9. The number of esters is 3. The molecule has 12 heteroatoms. The Hall–Kier alpha value is -3.08. The van der Waals surface area contributed by atoms with E-state index < -0.39 is 57.8 Å². The SMILES string of the molecule is CC/C=C\C/C=C\C/C=C\CCCCCCCC(=O)OC(CO)COP(=O)(O)OCC(COC(=O)CCCCCCCCCCCCCCCCCCCCC)OC(=O)CCCCCCCC/C=C\C/C=C\C/C=C\CCCCC. The van der Waals surface area contributed by atoms with Crippen molar-refractivity contribution in [3.8, 4) is 0 Å². The smallest absolute Gasteiger partial charge is 0.462 e. The van der Waals surface area contributed by atoms with E-state index in [9.17, 15) is 28.9 Å². The molecule has 0 radical (unpaired) electrons. The number of aliphatic hydroxyl groups is 1. The molecule has 0 aliphatic heterocycles. The normalized spacial score (nSPS) is 13.7. The quantitative estimate of drug-likeness (QED) is 0.0197. The maximum Gasteiger partial charge on any atom is 0.472 e. The van der Waals surface area contributed by atoms with Crippen molar-refractivity contribution in [2.45, 2.75) is 315 Å². The van der Waals surface area contributed by atoms with Gasteiger partial charge in [-0.3, -0.25) is 23.4 Å². The van der Waals surface area contributed by atoms with Crippen molar-refractivity contribution < 1.29 is 52.2 Å². The number of phosphoric ester groups is 1. The molecule has 0 aromatic carbocycles. The van der Waals surface area contributed by atoms with E-state index in [4.69, 9.17) is 23.3 Å². The highest BCUT2D eigenvalue weighted by Gasteiger charge is 2.28. The van der Waals surface area contributed by atoms with Crippen LogP contribution in [0.15, 0.2) is 72.9 Å². The number of carbonyl (C=O) groups is 3. The zero-order chi connectivity index (χ0) is 58.3. The fourth-order valence-electron chi connectivity index (χ4n) is 9.14. The fraction of sp³-hybridized carbons (Fsp3) is 0.779. The lowest BCUT2D eigenvalue weighted by Gasteiger charge is -2.21. The monoisotopic (exact) mass is 1140 g/mol. The highest BCUT2D eigenvalue weighted by Crippen LogP contribution is 2.43. The van der Waals surface area contributed by atoms with Crippen LogP contribution in [-0.4, -0.2) is 66.5 Å². The minimum Gasteiger partial charge on any atom is -0.462 e. The highest BCUT2D eigenvalue weighted by atomic mass is 31.2. The van der Waals surface area contributed by atoms with Crippen LogP contribution in [0.25, 0.3) is 0 Å². The standard InChI is InChI=1S/C68H121O11P/c1-4-7-10-13-16-19-22-25-28-30-32-34-37-39-42-45-48-51-54-57-66(70)75-61-65(79-68(72)59-56-53-50-47-44-41-38-35-33-31-29-26-23-20-17-14-11-8-5-2)63-77-80(73,74)76-62-64(60-69)78-67(71)58-55-52-49-46-43-40-36-27-24-21-18-15-12-9-6-3/h9,12,17-18,20-21,26-27,29,33,35-36,64-65,69H,4-8,10-11,13-16,19,22-25,28,30-32,34,37-63H2,1-3H3,(H,73,74)/b12-9-,20-17-,21-18-,29-26-,35-33-,36-27-. The Morgan fingerprint density at radius 3 is 1.02 bits per heavy atom. The number of phosphoric acid groups is 1. The molecule has 80 heavy (non-hydrogen) atoms. The number of hydrogen-bond acceptors (Lipinski definition) is 10. The maximum atomic E-state index is 13.0. The van der Waals surface area contributed by atoms with Gasteiger partial charge in [0, 0.05) is 19.3 Å². The van der Waals surface area contributed by atoms with Crippen LogP contribution in [0, 0.1) is 0 Å². The summed E-state index contributed by atoms with van der Waals surface area (Å²) in [6.45, 7) is 4.52. The van der Waals surface area contributed by atoms with Gasteiger partial charge in [-0.25, -0.2) is 4.57 Å². The van der Waals surface area contributed by atoms with Gasteiger partial charge in [0.25, 0.3) is 0 Å². The van der Waals surface area contributed by atoms with E-state index in [0.717, 1.165) is 122 Å². The van der Waals surface area contributed by atoms with Crippen LogP contribution < -0.4 is 0 Å². The molecule has 464 valence electrons. The van der Waals surface area contributed by atoms with E-state index in [1.165, 1.54) is 122 Å². The molecule has 11 nitrogen and oxygen atoms in total. The summed E-state index contributed by atoms with van der Waals surface area (Å²) in [4.78, 5) is 48.8. The van der Waals surface area contributed by atoms with Crippen LogP contribution in [0.2, 0.25) is 0 Å². The Kier molecular flexibility index (Phi) is 59.6. The lowest BCUT2D eigenvalue weighted by molar-refractivity contribution is -0.161. The third kappa shape index (κ3) is 59.5. The number of rotatable bonds is 61. The van der Waals surface area contributed by atoms with Gasteiger partial charge >= 0.3 is 25.7 Å².